The second kappa shape index (κ2) is 5.53. The Labute approximate surface area is 114 Å². The standard InChI is InChI=1S/C12H11ClN4O2/c1-19-7-2-3-8(9(14)4-7)12(18)17-11-5-10(13)15-6-16-11/h2-6H,14H2,1H3,(H,15,16,17,18). The molecule has 1 aromatic heterocycles. The van der Waals surface area contributed by atoms with Gasteiger partial charge in [-0.05, 0) is 12.1 Å². The van der Waals surface area contributed by atoms with Gasteiger partial charge < -0.3 is 15.8 Å². The van der Waals surface area contributed by atoms with E-state index in [-0.39, 0.29) is 11.1 Å². The predicted octanol–water partition coefficient (Wildman–Crippen LogP) is 1.97. The molecule has 0 atom stereocenters. The molecular weight excluding hydrogens is 268 g/mol. The highest BCUT2D eigenvalue weighted by atomic mass is 35.5. The Hall–Kier alpha value is -2.34. The number of halogens is 1. The number of nitrogens with zero attached hydrogens (tertiary/aromatic N) is 2. The zero-order chi connectivity index (χ0) is 13.8. The van der Waals surface area contributed by atoms with Crippen LogP contribution in [0.3, 0.4) is 0 Å². The van der Waals surface area contributed by atoms with Crippen LogP contribution >= 0.6 is 11.6 Å². The topological polar surface area (TPSA) is 90.1 Å². The van der Waals surface area contributed by atoms with Crippen LogP contribution in [0.4, 0.5) is 11.5 Å². The number of amides is 1. The van der Waals surface area contributed by atoms with Gasteiger partial charge in [-0.1, -0.05) is 11.6 Å². The normalized spacial score (nSPS) is 10.0. The van der Waals surface area contributed by atoms with Crippen LogP contribution in [0.1, 0.15) is 10.4 Å². The lowest BCUT2D eigenvalue weighted by atomic mass is 10.1. The quantitative estimate of drug-likeness (QED) is 0.662. The molecule has 0 unspecified atom stereocenters. The Morgan fingerprint density at radius 3 is 2.79 bits per heavy atom. The molecule has 1 amide bonds. The predicted molar refractivity (Wildman–Crippen MR) is 72.4 cm³/mol. The number of benzene rings is 1. The molecule has 2 rings (SSSR count). The summed E-state index contributed by atoms with van der Waals surface area (Å²) in [6, 6.07) is 6.24. The van der Waals surface area contributed by atoms with Gasteiger partial charge in [0.05, 0.1) is 12.7 Å². The number of ether oxygens (including phenoxy) is 1. The first-order chi connectivity index (χ1) is 9.10. The molecule has 1 heterocycles. The Morgan fingerprint density at radius 2 is 2.16 bits per heavy atom. The largest absolute Gasteiger partial charge is 0.497 e. The second-order valence-corrected chi connectivity index (χ2v) is 4.02. The van der Waals surface area contributed by atoms with Crippen molar-refractivity contribution in [3.8, 4) is 5.75 Å². The summed E-state index contributed by atoms with van der Waals surface area (Å²) in [4.78, 5) is 19.6. The lowest BCUT2D eigenvalue weighted by Crippen LogP contribution is -2.15. The van der Waals surface area contributed by atoms with E-state index in [1.807, 2.05) is 0 Å². The van der Waals surface area contributed by atoms with E-state index in [4.69, 9.17) is 22.1 Å². The van der Waals surface area contributed by atoms with Crippen molar-refractivity contribution >= 4 is 29.0 Å². The molecule has 98 valence electrons. The summed E-state index contributed by atoms with van der Waals surface area (Å²) in [6.07, 6.45) is 1.26. The molecule has 0 radical (unpaired) electrons. The molecule has 0 fully saturated rings. The molecule has 3 N–H and O–H groups in total. The molecule has 0 saturated carbocycles. The van der Waals surface area contributed by atoms with E-state index in [1.54, 1.807) is 18.2 Å². The van der Waals surface area contributed by atoms with Crippen LogP contribution in [0.2, 0.25) is 5.15 Å². The average Bonchev–Trinajstić information content (AvgIpc) is 2.38. The van der Waals surface area contributed by atoms with Crippen LogP contribution in [-0.4, -0.2) is 23.0 Å². The fraction of sp³-hybridized carbons (Fsp3) is 0.0833. The smallest absolute Gasteiger partial charge is 0.258 e. The van der Waals surface area contributed by atoms with E-state index >= 15 is 0 Å². The van der Waals surface area contributed by atoms with Gasteiger partial charge in [0, 0.05) is 17.8 Å². The number of nitrogens with two attached hydrogens (primary N) is 1. The molecule has 2 aromatic rings. The average molecular weight is 279 g/mol. The third-order valence-corrected chi connectivity index (χ3v) is 2.59. The van der Waals surface area contributed by atoms with Crippen molar-refractivity contribution in [3.63, 3.8) is 0 Å². The maximum Gasteiger partial charge on any atom is 0.258 e. The van der Waals surface area contributed by atoms with E-state index in [0.717, 1.165) is 0 Å². The van der Waals surface area contributed by atoms with Crippen molar-refractivity contribution in [1.29, 1.82) is 0 Å². The number of carbonyl (C=O) groups excluding carboxylic acids is 1. The molecule has 0 aliphatic heterocycles. The van der Waals surface area contributed by atoms with Crippen LogP contribution in [-0.2, 0) is 0 Å². The number of rotatable bonds is 3. The number of anilines is 2. The zero-order valence-corrected chi connectivity index (χ0v) is 10.8. The Balaban J connectivity index is 2.20. The summed E-state index contributed by atoms with van der Waals surface area (Å²) in [5.41, 5.74) is 6.43. The van der Waals surface area contributed by atoms with Gasteiger partial charge in [-0.2, -0.15) is 0 Å². The first-order valence-corrected chi connectivity index (χ1v) is 5.70. The van der Waals surface area contributed by atoms with E-state index in [2.05, 4.69) is 15.3 Å². The third-order valence-electron chi connectivity index (χ3n) is 2.38. The van der Waals surface area contributed by atoms with Crippen molar-refractivity contribution < 1.29 is 9.53 Å². The molecule has 0 bridgehead atoms. The van der Waals surface area contributed by atoms with Crippen molar-refractivity contribution in [2.75, 3.05) is 18.2 Å². The number of nitrogen functional groups attached to an aromatic ring is 1. The van der Waals surface area contributed by atoms with E-state index in [1.165, 1.54) is 19.5 Å². The number of carbonyl (C=O) groups is 1. The summed E-state index contributed by atoms with van der Waals surface area (Å²) in [5.74, 6) is 0.509. The van der Waals surface area contributed by atoms with Crippen LogP contribution in [0.5, 0.6) is 5.75 Å². The van der Waals surface area contributed by atoms with E-state index in [9.17, 15) is 4.79 Å². The van der Waals surface area contributed by atoms with Crippen molar-refractivity contribution in [3.05, 3.63) is 41.3 Å². The third kappa shape index (κ3) is 3.11. The fourth-order valence-electron chi connectivity index (χ4n) is 1.46. The molecule has 7 heteroatoms. The number of hydrogen-bond donors (Lipinski definition) is 2. The zero-order valence-electron chi connectivity index (χ0n) is 10.1. The molecule has 19 heavy (non-hydrogen) atoms. The van der Waals surface area contributed by atoms with Crippen molar-refractivity contribution in [2.24, 2.45) is 0 Å². The molecular formula is C12H11ClN4O2. The summed E-state index contributed by atoms with van der Waals surface area (Å²) in [6.45, 7) is 0. The van der Waals surface area contributed by atoms with Gasteiger partial charge in [-0.15, -0.1) is 0 Å². The Kier molecular flexibility index (Phi) is 3.82. The molecule has 0 spiro atoms. The van der Waals surface area contributed by atoms with Gasteiger partial charge in [0.15, 0.2) is 0 Å². The summed E-state index contributed by atoms with van der Waals surface area (Å²) in [7, 11) is 1.53. The highest BCUT2D eigenvalue weighted by Crippen LogP contribution is 2.20. The first kappa shape index (κ1) is 13.1. The van der Waals surface area contributed by atoms with Crippen LogP contribution in [0, 0.1) is 0 Å². The minimum Gasteiger partial charge on any atom is -0.497 e. The van der Waals surface area contributed by atoms with Crippen molar-refractivity contribution in [1.82, 2.24) is 9.97 Å². The van der Waals surface area contributed by atoms with Gasteiger partial charge >= 0.3 is 0 Å². The van der Waals surface area contributed by atoms with Gasteiger partial charge in [0.1, 0.15) is 23.0 Å². The van der Waals surface area contributed by atoms with Crippen LogP contribution < -0.4 is 15.8 Å². The van der Waals surface area contributed by atoms with E-state index < -0.39 is 0 Å². The molecule has 0 saturated heterocycles. The monoisotopic (exact) mass is 278 g/mol. The van der Waals surface area contributed by atoms with Gasteiger partial charge in [0.25, 0.3) is 5.91 Å². The first-order valence-electron chi connectivity index (χ1n) is 5.32. The number of aromatic nitrogens is 2. The highest BCUT2D eigenvalue weighted by Gasteiger charge is 2.11. The maximum absolute atomic E-state index is 12.0. The molecule has 0 aliphatic rings. The summed E-state index contributed by atoms with van der Waals surface area (Å²) >= 11 is 5.70. The summed E-state index contributed by atoms with van der Waals surface area (Å²) < 4.78 is 5.01. The minimum atomic E-state index is -0.380. The van der Waals surface area contributed by atoms with E-state index in [0.29, 0.717) is 22.8 Å². The maximum atomic E-state index is 12.0. The number of methoxy groups -OCH3 is 1. The lowest BCUT2D eigenvalue weighted by Gasteiger charge is -2.08. The van der Waals surface area contributed by atoms with Gasteiger partial charge in [-0.25, -0.2) is 9.97 Å². The number of nitrogens with one attached hydrogen (secondary N) is 1. The lowest BCUT2D eigenvalue weighted by molar-refractivity contribution is 0.102. The second-order valence-electron chi connectivity index (χ2n) is 3.63. The Morgan fingerprint density at radius 1 is 1.37 bits per heavy atom. The Bertz CT molecular complexity index is 618. The molecule has 0 aliphatic carbocycles. The van der Waals surface area contributed by atoms with Crippen LogP contribution in [0.15, 0.2) is 30.6 Å². The fourth-order valence-corrected chi connectivity index (χ4v) is 1.61. The molecule has 1 aromatic carbocycles. The summed E-state index contributed by atoms with van der Waals surface area (Å²) in [5, 5.41) is 2.83. The molecule has 6 nitrogen and oxygen atoms in total. The minimum absolute atomic E-state index is 0.244. The van der Waals surface area contributed by atoms with Gasteiger partial charge in [0.2, 0.25) is 0 Å². The number of hydrogen-bond acceptors (Lipinski definition) is 5. The SMILES string of the molecule is COc1ccc(C(=O)Nc2cc(Cl)ncn2)c(N)c1. The van der Waals surface area contributed by atoms with Crippen LogP contribution in [0.25, 0.3) is 0 Å². The highest BCUT2D eigenvalue weighted by molar-refractivity contribution is 6.29. The van der Waals surface area contributed by atoms with Crippen molar-refractivity contribution in [2.45, 2.75) is 0 Å². The van der Waals surface area contributed by atoms with Gasteiger partial charge in [-0.3, -0.25) is 4.79 Å².